The Hall–Kier alpha value is -1.09. The maximum Gasteiger partial charge on any atom is 0.146 e. The van der Waals surface area contributed by atoms with Crippen LogP contribution in [0.5, 0.6) is 0 Å². The molecule has 0 spiro atoms. The summed E-state index contributed by atoms with van der Waals surface area (Å²) in [5, 5.41) is 8.94. The maximum atomic E-state index is 5.99. The molecule has 2 aliphatic rings. The van der Waals surface area contributed by atoms with Gasteiger partial charge in [0.05, 0.1) is 0 Å². The van der Waals surface area contributed by atoms with Crippen LogP contribution in [0.15, 0.2) is 34.7 Å². The average molecular weight is 265 g/mol. The molecule has 1 aromatic rings. The molecule has 4 heteroatoms. The molecular formula is C14H17ClN2O. The smallest absolute Gasteiger partial charge is 0.146 e. The van der Waals surface area contributed by atoms with E-state index in [0.717, 1.165) is 17.9 Å². The summed E-state index contributed by atoms with van der Waals surface area (Å²) >= 11 is 5.99. The predicted octanol–water partition coefficient (Wildman–Crippen LogP) is 4.31. The highest BCUT2D eigenvalue weighted by Gasteiger charge is 2.53. The Morgan fingerprint density at radius 3 is 2.39 bits per heavy atom. The molecule has 1 aliphatic heterocycles. The molecule has 1 heterocycles. The second-order valence-corrected chi connectivity index (χ2v) is 5.96. The molecule has 1 fully saturated rings. The first kappa shape index (κ1) is 12.0. The van der Waals surface area contributed by atoms with E-state index < -0.39 is 0 Å². The van der Waals surface area contributed by atoms with Crippen LogP contribution in [0.25, 0.3) is 0 Å². The SMILES string of the molecule is CC1(C2(c3ccc(Cl)cc3)CCCC2)CON=N1. The van der Waals surface area contributed by atoms with Crippen LogP contribution in [0.4, 0.5) is 0 Å². The van der Waals surface area contributed by atoms with Gasteiger partial charge >= 0.3 is 0 Å². The van der Waals surface area contributed by atoms with Crippen LogP contribution < -0.4 is 0 Å². The summed E-state index contributed by atoms with van der Waals surface area (Å²) in [6.07, 6.45) is 4.78. The molecule has 3 rings (SSSR count). The number of hydrogen-bond donors (Lipinski definition) is 0. The Labute approximate surface area is 112 Å². The molecule has 1 saturated carbocycles. The summed E-state index contributed by atoms with van der Waals surface area (Å²) < 4.78 is 0. The van der Waals surface area contributed by atoms with E-state index in [-0.39, 0.29) is 11.0 Å². The Morgan fingerprint density at radius 1 is 1.17 bits per heavy atom. The standard InChI is InChI=1S/C14H17ClN2O/c1-13(10-18-17-16-13)14(8-2-3-9-14)11-4-6-12(15)7-5-11/h4-7H,2-3,8-10H2,1H3. The van der Waals surface area contributed by atoms with E-state index in [1.165, 1.54) is 18.4 Å². The van der Waals surface area contributed by atoms with E-state index in [0.29, 0.717) is 6.61 Å². The van der Waals surface area contributed by atoms with Crippen molar-refractivity contribution in [3.05, 3.63) is 34.9 Å². The van der Waals surface area contributed by atoms with Gasteiger partial charge in [-0.25, -0.2) is 0 Å². The predicted molar refractivity (Wildman–Crippen MR) is 70.8 cm³/mol. The van der Waals surface area contributed by atoms with Crippen molar-refractivity contribution in [1.82, 2.24) is 0 Å². The molecule has 0 bridgehead atoms. The van der Waals surface area contributed by atoms with Crippen LogP contribution >= 0.6 is 11.6 Å². The van der Waals surface area contributed by atoms with Gasteiger partial charge in [0, 0.05) is 15.7 Å². The van der Waals surface area contributed by atoms with Crippen molar-refractivity contribution in [3.8, 4) is 0 Å². The van der Waals surface area contributed by atoms with Crippen molar-refractivity contribution in [1.29, 1.82) is 0 Å². The maximum absolute atomic E-state index is 5.99. The first-order valence-corrected chi connectivity index (χ1v) is 6.84. The zero-order valence-electron chi connectivity index (χ0n) is 10.5. The Bertz CT molecular complexity index is 465. The molecule has 0 saturated heterocycles. The summed E-state index contributed by atoms with van der Waals surface area (Å²) in [7, 11) is 0. The zero-order chi connectivity index (χ0) is 12.6. The summed E-state index contributed by atoms with van der Waals surface area (Å²) in [5.41, 5.74) is 1.13. The second-order valence-electron chi connectivity index (χ2n) is 5.53. The second kappa shape index (κ2) is 4.23. The summed E-state index contributed by atoms with van der Waals surface area (Å²) in [4.78, 5) is 5.18. The number of hydrogen-bond acceptors (Lipinski definition) is 3. The minimum absolute atomic E-state index is 0.0532. The van der Waals surface area contributed by atoms with Crippen molar-refractivity contribution in [2.45, 2.75) is 43.6 Å². The molecule has 1 aromatic carbocycles. The van der Waals surface area contributed by atoms with E-state index in [1.54, 1.807) is 0 Å². The van der Waals surface area contributed by atoms with Gasteiger partial charge in [0.15, 0.2) is 0 Å². The van der Waals surface area contributed by atoms with Gasteiger partial charge in [-0.15, -0.1) is 5.11 Å². The molecule has 0 radical (unpaired) electrons. The first-order valence-electron chi connectivity index (χ1n) is 6.47. The quantitative estimate of drug-likeness (QED) is 0.784. The van der Waals surface area contributed by atoms with Crippen molar-refractivity contribution in [2.75, 3.05) is 6.61 Å². The van der Waals surface area contributed by atoms with E-state index in [1.807, 2.05) is 12.1 Å². The lowest BCUT2D eigenvalue weighted by Crippen LogP contribution is -2.47. The normalized spacial score (nSPS) is 29.4. The lowest BCUT2D eigenvalue weighted by Gasteiger charge is -2.40. The molecule has 3 nitrogen and oxygen atoms in total. The van der Waals surface area contributed by atoms with E-state index in [2.05, 4.69) is 29.4 Å². The number of nitrogens with zero attached hydrogens (tertiary/aromatic N) is 2. The van der Waals surface area contributed by atoms with Crippen LogP contribution in [-0.2, 0) is 10.3 Å². The molecule has 96 valence electrons. The first-order chi connectivity index (χ1) is 8.66. The highest BCUT2D eigenvalue weighted by molar-refractivity contribution is 6.30. The van der Waals surface area contributed by atoms with Crippen LogP contribution in [0.2, 0.25) is 5.02 Å². The summed E-state index contributed by atoms with van der Waals surface area (Å²) in [6, 6.07) is 8.19. The van der Waals surface area contributed by atoms with E-state index >= 15 is 0 Å². The minimum Gasteiger partial charge on any atom is -0.377 e. The number of halogens is 1. The van der Waals surface area contributed by atoms with Crippen molar-refractivity contribution in [2.24, 2.45) is 10.4 Å². The number of rotatable bonds is 2. The topological polar surface area (TPSA) is 34.0 Å². The minimum atomic E-state index is -0.239. The monoisotopic (exact) mass is 264 g/mol. The highest BCUT2D eigenvalue weighted by Crippen LogP contribution is 2.51. The van der Waals surface area contributed by atoms with Gasteiger partial charge < -0.3 is 4.84 Å². The van der Waals surface area contributed by atoms with Gasteiger partial charge in [0.25, 0.3) is 0 Å². The fourth-order valence-electron chi connectivity index (χ4n) is 3.42. The van der Waals surface area contributed by atoms with Crippen LogP contribution in [0.3, 0.4) is 0 Å². The molecule has 18 heavy (non-hydrogen) atoms. The van der Waals surface area contributed by atoms with Gasteiger partial charge in [0.1, 0.15) is 12.1 Å². The fourth-order valence-corrected chi connectivity index (χ4v) is 3.55. The lowest BCUT2D eigenvalue weighted by molar-refractivity contribution is 0.117. The van der Waals surface area contributed by atoms with Crippen molar-refractivity contribution < 1.29 is 4.84 Å². The third-order valence-corrected chi connectivity index (χ3v) is 4.80. The van der Waals surface area contributed by atoms with Crippen LogP contribution in [0, 0.1) is 0 Å². The van der Waals surface area contributed by atoms with Crippen LogP contribution in [0.1, 0.15) is 38.2 Å². The molecule has 0 amide bonds. The highest BCUT2D eigenvalue weighted by atomic mass is 35.5. The lowest BCUT2D eigenvalue weighted by atomic mass is 9.65. The molecule has 0 N–H and O–H groups in total. The third kappa shape index (κ3) is 1.64. The molecule has 0 aromatic heterocycles. The van der Waals surface area contributed by atoms with Gasteiger partial charge in [0.2, 0.25) is 0 Å². The third-order valence-electron chi connectivity index (χ3n) is 4.55. The molecule has 1 aliphatic carbocycles. The van der Waals surface area contributed by atoms with Gasteiger partial charge in [-0.2, -0.15) is 0 Å². The Morgan fingerprint density at radius 2 is 1.83 bits per heavy atom. The molecule has 1 atom stereocenters. The summed E-state index contributed by atoms with van der Waals surface area (Å²) in [6.45, 7) is 2.74. The van der Waals surface area contributed by atoms with Crippen molar-refractivity contribution >= 4 is 11.6 Å². The zero-order valence-corrected chi connectivity index (χ0v) is 11.3. The average Bonchev–Trinajstić information content (AvgIpc) is 3.00. The molecular weight excluding hydrogens is 248 g/mol. The summed E-state index contributed by atoms with van der Waals surface area (Å²) in [5.74, 6) is 0. The van der Waals surface area contributed by atoms with E-state index in [9.17, 15) is 0 Å². The molecule has 1 unspecified atom stereocenters. The number of benzene rings is 1. The Balaban J connectivity index is 2.06. The fraction of sp³-hybridized carbons (Fsp3) is 0.571. The van der Waals surface area contributed by atoms with Crippen molar-refractivity contribution in [3.63, 3.8) is 0 Å². The Kier molecular flexibility index (Phi) is 2.81. The van der Waals surface area contributed by atoms with E-state index in [4.69, 9.17) is 16.4 Å². The largest absolute Gasteiger partial charge is 0.377 e. The van der Waals surface area contributed by atoms with Crippen LogP contribution in [-0.4, -0.2) is 12.1 Å². The van der Waals surface area contributed by atoms with Gasteiger partial charge in [-0.3, -0.25) is 0 Å². The van der Waals surface area contributed by atoms with Gasteiger partial charge in [-0.1, -0.05) is 36.6 Å². The van der Waals surface area contributed by atoms with Gasteiger partial charge in [-0.05, 0) is 37.5 Å².